The zero-order chi connectivity index (χ0) is 24.1. The number of rotatable bonds is 8. The molecule has 1 aliphatic heterocycles. The van der Waals surface area contributed by atoms with Crippen LogP contribution in [0.4, 0.5) is 5.82 Å². The van der Waals surface area contributed by atoms with Gasteiger partial charge in [0.25, 0.3) is 20.8 Å². The minimum atomic E-state index is -6.18. The molecule has 0 radical (unpaired) electrons. The number of aliphatic hydroxyl groups is 2. The molecule has 2 aromatic rings. The van der Waals surface area contributed by atoms with Crippen molar-refractivity contribution in [3.8, 4) is 0 Å². The average molecular weight is 630 g/mol. The molecule has 0 aliphatic carbocycles. The van der Waals surface area contributed by atoms with Crippen LogP contribution in [0.3, 0.4) is 0 Å². The Morgan fingerprint density at radius 3 is 2.19 bits per heavy atom. The molecule has 4 N–H and O–H groups in total. The van der Waals surface area contributed by atoms with E-state index in [0.29, 0.717) is 0 Å². The predicted molar refractivity (Wildman–Crippen MR) is 91.4 cm³/mol. The molecule has 0 bridgehead atoms. The second kappa shape index (κ2) is 15.4. The number of halogens is 1. The van der Waals surface area contributed by atoms with E-state index in [9.17, 15) is 43.5 Å². The van der Waals surface area contributed by atoms with E-state index in [1.54, 1.807) is 0 Å². The molecule has 26 heteroatoms. The van der Waals surface area contributed by atoms with Gasteiger partial charge in [-0.2, -0.15) is 0 Å². The number of fused-ring (bicyclic) bond motifs is 1. The third kappa shape index (κ3) is 10.0. The molecule has 0 spiro atoms. The number of imidazole rings is 1. The van der Waals surface area contributed by atoms with Crippen LogP contribution in [0.15, 0.2) is 12.7 Å². The molecule has 6 atom stereocenters. The Morgan fingerprint density at radius 1 is 1.06 bits per heavy atom. The number of nitrogens with zero attached hydrogens (tertiary/aromatic N) is 4. The van der Waals surface area contributed by atoms with Gasteiger partial charge in [-0.15, -0.1) is 0 Å². The van der Waals surface area contributed by atoms with Gasteiger partial charge in [0.05, 0.1) is 14.4 Å². The zero-order valence-corrected chi connectivity index (χ0v) is 30.5. The third-order valence-corrected chi connectivity index (χ3v) is 8.03. The van der Waals surface area contributed by atoms with Crippen LogP contribution in [0.2, 0.25) is 0 Å². The van der Waals surface area contributed by atoms with Crippen LogP contribution in [-0.2, 0) is 36.8 Å². The summed E-state index contributed by atoms with van der Waals surface area (Å²) in [5.74, 6) is -0.0451. The fraction of sp³-hybridized carbons (Fsp3) is 0.500. The van der Waals surface area contributed by atoms with Gasteiger partial charge in [0, 0.05) is 0 Å². The maximum absolute atomic E-state index is 11.6. The Morgan fingerprint density at radius 2 is 1.64 bits per heavy atom. The van der Waals surface area contributed by atoms with E-state index in [2.05, 4.69) is 28.1 Å². The fourth-order valence-corrected chi connectivity index (χ4v) is 5.85. The van der Waals surface area contributed by atoms with E-state index in [4.69, 9.17) is 22.1 Å². The van der Waals surface area contributed by atoms with Gasteiger partial charge in [-0.05, 0) is 0 Å². The number of nitrogen functional groups attached to an aromatic ring is 1. The molecule has 2 unspecified atom stereocenters. The number of hydrogen-bond donors (Lipinski definition) is 3. The Kier molecular flexibility index (Phi) is 17.6. The van der Waals surface area contributed by atoms with Crippen molar-refractivity contribution in [2.24, 2.45) is 0 Å². The van der Waals surface area contributed by atoms with Crippen molar-refractivity contribution < 1.29 is 180 Å². The second-order valence-corrected chi connectivity index (χ2v) is 10.8. The van der Waals surface area contributed by atoms with Crippen LogP contribution in [0.25, 0.3) is 11.2 Å². The van der Waals surface area contributed by atoms with E-state index in [-0.39, 0.29) is 135 Å². The first kappa shape index (κ1) is 41.1. The van der Waals surface area contributed by atoms with Gasteiger partial charge in [-0.25, -0.2) is 19.3 Å². The number of anilines is 1. The number of phosphoric ester groups is 1. The number of aliphatic hydroxyl groups excluding tert-OH is 2. The number of aromatic nitrogens is 4. The van der Waals surface area contributed by atoms with Gasteiger partial charge in [-0.1, -0.05) is 11.6 Å². The van der Waals surface area contributed by atoms with Crippen molar-refractivity contribution in [3.05, 3.63) is 12.7 Å². The Hall–Kier alpha value is 2.93. The summed E-state index contributed by atoms with van der Waals surface area (Å²) < 4.78 is 50.0. The molecular formula is C10H11ClN5Na4O13P3. The normalized spacial score (nSPS) is 26.9. The number of ether oxygens (including phenoxy) is 1. The molecule has 2 aromatic heterocycles. The number of nitrogens with two attached hydrogens (primary N) is 1. The van der Waals surface area contributed by atoms with Crippen molar-refractivity contribution in [2.75, 3.05) is 12.3 Å². The Bertz CT molecular complexity index is 1180. The van der Waals surface area contributed by atoms with Crippen LogP contribution in [0.1, 0.15) is 0 Å². The first-order chi connectivity index (χ1) is 14.5. The minimum absolute atomic E-state index is 0. The van der Waals surface area contributed by atoms with Crippen molar-refractivity contribution in [2.45, 2.75) is 23.5 Å². The SMILES string of the molecule is Nc1ncnc2c1ncn2[C@]1(Cl)O[C@H](COP(=O)([O-])OP(=O)([O-])OP(=O)([O-])[O-])[C@@H](O)[C@H]1O.[Na+].[Na+].[Na+].[Na+]. The molecule has 3 rings (SSSR count). The molecule has 180 valence electrons. The zero-order valence-electron chi connectivity index (χ0n) is 19.1. The van der Waals surface area contributed by atoms with Crippen LogP contribution >= 0.6 is 35.1 Å². The summed E-state index contributed by atoms with van der Waals surface area (Å²) >= 11 is 6.28. The predicted octanol–water partition coefficient (Wildman–Crippen LogP) is -15.8. The molecule has 3 heterocycles. The molecule has 0 amide bonds. The largest absolute Gasteiger partial charge is 1.00 e. The van der Waals surface area contributed by atoms with E-state index < -0.39 is 53.6 Å². The standard InChI is InChI=1S/C10H15ClN5O13P3.4Na/c11-10(16-3-15-5-8(12)13-2-14-9(5)16)7(18)6(17)4(27-10)1-26-31(22,23)29-32(24,25)28-30(19,20)21;;;;/h2-4,6-7,17-18H,1H2,(H,22,23)(H,24,25)(H2,12,13,14)(H2,19,20,21);;;;/q;4*+1/p-4/t4-,6-,7-,10+;;;;/m1..../s1. The third-order valence-electron chi connectivity index (χ3n) is 3.87. The summed E-state index contributed by atoms with van der Waals surface area (Å²) in [6.45, 7) is -1.18. The number of phosphoric acid groups is 3. The summed E-state index contributed by atoms with van der Waals surface area (Å²) in [6, 6.07) is 0. The topological polar surface area (TPSA) is 290 Å². The summed E-state index contributed by atoms with van der Waals surface area (Å²) in [5, 5.41) is 18.2. The van der Waals surface area contributed by atoms with Crippen LogP contribution in [0, 0.1) is 0 Å². The first-order valence-corrected chi connectivity index (χ1v) is 12.7. The summed E-state index contributed by atoms with van der Waals surface area (Å²) in [4.78, 5) is 54.9. The molecule has 1 aliphatic rings. The van der Waals surface area contributed by atoms with Gasteiger partial charge in [0.15, 0.2) is 11.5 Å². The Labute approximate surface area is 295 Å². The molecule has 1 saturated heterocycles. The first-order valence-electron chi connectivity index (χ1n) is 7.93. The van der Waals surface area contributed by atoms with E-state index in [1.165, 1.54) is 0 Å². The number of alkyl halides is 1. The molecule has 0 aromatic carbocycles. The molecular weight excluding hydrogens is 618 g/mol. The summed E-state index contributed by atoms with van der Waals surface area (Å²) in [7, 11) is -18.2. The van der Waals surface area contributed by atoms with Gasteiger partial charge < -0.3 is 49.3 Å². The molecule has 0 saturated carbocycles. The van der Waals surface area contributed by atoms with E-state index in [0.717, 1.165) is 17.2 Å². The van der Waals surface area contributed by atoms with Gasteiger partial charge in [-0.3, -0.25) is 18.0 Å². The second-order valence-electron chi connectivity index (χ2n) is 6.05. The summed E-state index contributed by atoms with van der Waals surface area (Å²) in [5.41, 5.74) is 5.69. The van der Waals surface area contributed by atoms with Gasteiger partial charge >= 0.3 is 118 Å². The molecule has 18 nitrogen and oxygen atoms in total. The van der Waals surface area contributed by atoms with Crippen LogP contribution in [-0.4, -0.2) is 54.7 Å². The fourth-order valence-electron chi connectivity index (χ4n) is 2.62. The van der Waals surface area contributed by atoms with Crippen molar-refractivity contribution in [1.29, 1.82) is 0 Å². The van der Waals surface area contributed by atoms with Crippen LogP contribution < -0.4 is 144 Å². The van der Waals surface area contributed by atoms with Crippen molar-refractivity contribution in [1.82, 2.24) is 19.5 Å². The maximum Gasteiger partial charge on any atom is 1.00 e. The van der Waals surface area contributed by atoms with Crippen molar-refractivity contribution in [3.63, 3.8) is 0 Å². The van der Waals surface area contributed by atoms with Gasteiger partial charge in [0.2, 0.25) is 0 Å². The number of hydrogen-bond acceptors (Lipinski definition) is 17. The quantitative estimate of drug-likeness (QED) is 0.139. The minimum Gasteiger partial charge on any atom is -0.790 e. The van der Waals surface area contributed by atoms with Crippen molar-refractivity contribution >= 4 is 52.1 Å². The Balaban J connectivity index is 0. The molecule has 36 heavy (non-hydrogen) atoms. The van der Waals surface area contributed by atoms with Gasteiger partial charge in [0.1, 0.15) is 36.5 Å². The molecule has 1 fully saturated rings. The van der Waals surface area contributed by atoms with E-state index in [1.807, 2.05) is 0 Å². The summed E-state index contributed by atoms with van der Waals surface area (Å²) in [6.07, 6.45) is -3.45. The van der Waals surface area contributed by atoms with E-state index >= 15 is 0 Å². The average Bonchev–Trinajstić information content (AvgIpc) is 3.14. The smallest absolute Gasteiger partial charge is 0.790 e. The monoisotopic (exact) mass is 629 g/mol. The maximum atomic E-state index is 11.6. The van der Waals surface area contributed by atoms with Crippen LogP contribution in [0.5, 0.6) is 0 Å².